The first-order valence-corrected chi connectivity index (χ1v) is 7.37. The van der Waals surface area contributed by atoms with Gasteiger partial charge in [-0.05, 0) is 37.3 Å². The van der Waals surface area contributed by atoms with Gasteiger partial charge in [0.05, 0.1) is 23.8 Å². The van der Waals surface area contributed by atoms with Crippen LogP contribution in [0.15, 0.2) is 45.9 Å². The van der Waals surface area contributed by atoms with Crippen molar-refractivity contribution in [1.29, 1.82) is 0 Å². The van der Waals surface area contributed by atoms with Crippen molar-refractivity contribution in [3.63, 3.8) is 0 Å². The zero-order chi connectivity index (χ0) is 14.8. The molecular weight excluding hydrogens is 285 g/mol. The second-order valence-electron chi connectivity index (χ2n) is 4.27. The van der Waals surface area contributed by atoms with Crippen LogP contribution in [0.25, 0.3) is 0 Å². The number of furan rings is 1. The summed E-state index contributed by atoms with van der Waals surface area (Å²) in [7, 11) is -3.82. The van der Waals surface area contributed by atoms with E-state index < -0.39 is 28.5 Å². The van der Waals surface area contributed by atoms with Crippen molar-refractivity contribution in [2.75, 3.05) is 0 Å². The Morgan fingerprint density at radius 2 is 2.15 bits per heavy atom. The molecule has 20 heavy (non-hydrogen) atoms. The summed E-state index contributed by atoms with van der Waals surface area (Å²) in [6, 6.07) is 6.01. The molecule has 1 heterocycles. The van der Waals surface area contributed by atoms with Gasteiger partial charge in [-0.2, -0.15) is 0 Å². The molecule has 0 fully saturated rings. The number of rotatable bonds is 5. The lowest BCUT2D eigenvalue weighted by Gasteiger charge is -2.12. The summed E-state index contributed by atoms with van der Waals surface area (Å²) in [5.74, 6) is -0.177. The summed E-state index contributed by atoms with van der Waals surface area (Å²) < 4.78 is 45.1. The van der Waals surface area contributed by atoms with Crippen molar-refractivity contribution in [2.24, 2.45) is 0 Å². The second-order valence-corrected chi connectivity index (χ2v) is 5.98. The number of nitrogens with one attached hydrogen (secondary N) is 1. The fraction of sp³-hybridized carbons (Fsp3) is 0.231. The maximum atomic E-state index is 13.3. The van der Waals surface area contributed by atoms with E-state index in [1.807, 2.05) is 0 Å². The van der Waals surface area contributed by atoms with E-state index in [1.54, 1.807) is 19.1 Å². The van der Waals surface area contributed by atoms with Gasteiger partial charge in [0.2, 0.25) is 10.0 Å². The molecule has 0 saturated heterocycles. The molecule has 108 valence electrons. The summed E-state index contributed by atoms with van der Waals surface area (Å²) >= 11 is 0. The molecule has 0 amide bonds. The van der Waals surface area contributed by atoms with Gasteiger partial charge in [0.15, 0.2) is 0 Å². The van der Waals surface area contributed by atoms with Crippen LogP contribution in [-0.2, 0) is 16.6 Å². The smallest absolute Gasteiger partial charge is 0.241 e. The van der Waals surface area contributed by atoms with Crippen molar-refractivity contribution in [3.8, 4) is 0 Å². The molecule has 1 aromatic heterocycles. The minimum atomic E-state index is -3.82. The molecule has 1 aromatic carbocycles. The van der Waals surface area contributed by atoms with Gasteiger partial charge in [-0.1, -0.05) is 0 Å². The molecule has 2 aromatic rings. The first kappa shape index (κ1) is 14.7. The predicted octanol–water partition coefficient (Wildman–Crippen LogP) is 1.95. The fourth-order valence-corrected chi connectivity index (χ4v) is 3.00. The number of aliphatic hydroxyl groups is 1. The summed E-state index contributed by atoms with van der Waals surface area (Å²) in [5, 5.41) is 8.97. The number of benzene rings is 1. The van der Waals surface area contributed by atoms with Crippen molar-refractivity contribution >= 4 is 10.0 Å². The van der Waals surface area contributed by atoms with Gasteiger partial charge in [-0.3, -0.25) is 0 Å². The lowest BCUT2D eigenvalue weighted by molar-refractivity contribution is 0.275. The molecule has 0 bridgehead atoms. The second kappa shape index (κ2) is 5.74. The van der Waals surface area contributed by atoms with Crippen LogP contribution in [-0.4, -0.2) is 13.5 Å². The zero-order valence-electron chi connectivity index (χ0n) is 10.7. The standard InChI is InChI=1S/C13H14FNO4S/c1-9(13-3-2-6-19-13)15-20(17,18)11-4-5-12(14)10(7-11)8-16/h2-7,9,15-16H,8H2,1H3. The third-order valence-electron chi connectivity index (χ3n) is 2.80. The quantitative estimate of drug-likeness (QED) is 0.884. The molecule has 1 unspecified atom stereocenters. The molecule has 0 aliphatic carbocycles. The SMILES string of the molecule is CC(NS(=O)(=O)c1ccc(F)c(CO)c1)c1ccco1. The molecule has 2 N–H and O–H groups in total. The van der Waals surface area contributed by atoms with E-state index in [0.29, 0.717) is 5.76 Å². The highest BCUT2D eigenvalue weighted by Gasteiger charge is 2.20. The van der Waals surface area contributed by atoms with Crippen molar-refractivity contribution in [3.05, 3.63) is 53.7 Å². The molecule has 0 aliphatic rings. The molecule has 0 aliphatic heterocycles. The molecule has 0 spiro atoms. The van der Waals surface area contributed by atoms with Gasteiger partial charge < -0.3 is 9.52 Å². The average Bonchev–Trinajstić information content (AvgIpc) is 2.92. The zero-order valence-corrected chi connectivity index (χ0v) is 11.5. The highest BCUT2D eigenvalue weighted by Crippen LogP contribution is 2.19. The summed E-state index contributed by atoms with van der Waals surface area (Å²) in [6.45, 7) is 1.07. The average molecular weight is 299 g/mol. The molecule has 0 radical (unpaired) electrons. The Kier molecular flexibility index (Phi) is 4.22. The Bertz CT molecular complexity index is 682. The van der Waals surface area contributed by atoms with Crippen LogP contribution >= 0.6 is 0 Å². The number of sulfonamides is 1. The Labute approximate surface area is 116 Å². The van der Waals surface area contributed by atoms with Crippen LogP contribution in [0.5, 0.6) is 0 Å². The fourth-order valence-electron chi connectivity index (χ4n) is 1.74. The van der Waals surface area contributed by atoms with Crippen LogP contribution in [0.3, 0.4) is 0 Å². The van der Waals surface area contributed by atoms with E-state index in [0.717, 1.165) is 18.2 Å². The van der Waals surface area contributed by atoms with Crippen molar-refractivity contribution in [2.45, 2.75) is 24.5 Å². The van der Waals surface area contributed by atoms with E-state index in [2.05, 4.69) is 4.72 Å². The molecule has 0 saturated carbocycles. The topological polar surface area (TPSA) is 79.5 Å². The number of hydrogen-bond donors (Lipinski definition) is 2. The van der Waals surface area contributed by atoms with E-state index in [9.17, 15) is 12.8 Å². The Morgan fingerprint density at radius 3 is 2.75 bits per heavy atom. The first-order valence-electron chi connectivity index (χ1n) is 5.89. The van der Waals surface area contributed by atoms with Gasteiger partial charge in [-0.15, -0.1) is 0 Å². The molecular formula is C13H14FNO4S. The molecule has 2 rings (SSSR count). The van der Waals surface area contributed by atoms with Gasteiger partial charge in [0.1, 0.15) is 11.6 Å². The van der Waals surface area contributed by atoms with E-state index in [1.165, 1.54) is 6.26 Å². The number of hydrogen-bond acceptors (Lipinski definition) is 4. The van der Waals surface area contributed by atoms with Crippen LogP contribution < -0.4 is 4.72 Å². The third kappa shape index (κ3) is 3.06. The third-order valence-corrected chi connectivity index (χ3v) is 4.34. The lowest BCUT2D eigenvalue weighted by Crippen LogP contribution is -2.26. The van der Waals surface area contributed by atoms with Crippen LogP contribution in [0, 0.1) is 5.82 Å². The maximum absolute atomic E-state index is 13.3. The highest BCUT2D eigenvalue weighted by molar-refractivity contribution is 7.89. The van der Waals surface area contributed by atoms with Gasteiger partial charge >= 0.3 is 0 Å². The Balaban J connectivity index is 2.26. The lowest BCUT2D eigenvalue weighted by atomic mass is 10.2. The number of aliphatic hydroxyl groups excluding tert-OH is 1. The van der Waals surface area contributed by atoms with E-state index >= 15 is 0 Å². The number of halogens is 1. The largest absolute Gasteiger partial charge is 0.468 e. The van der Waals surface area contributed by atoms with Gasteiger partial charge in [0, 0.05) is 5.56 Å². The van der Waals surface area contributed by atoms with E-state index in [4.69, 9.17) is 9.52 Å². The Hall–Kier alpha value is -1.70. The van der Waals surface area contributed by atoms with Crippen molar-refractivity contribution in [1.82, 2.24) is 4.72 Å². The van der Waals surface area contributed by atoms with Gasteiger partial charge in [-0.25, -0.2) is 17.5 Å². The molecule has 7 heteroatoms. The van der Waals surface area contributed by atoms with Crippen molar-refractivity contribution < 1.29 is 22.3 Å². The summed E-state index contributed by atoms with van der Waals surface area (Å²) in [6.07, 6.45) is 1.45. The molecule has 1 atom stereocenters. The Morgan fingerprint density at radius 1 is 1.40 bits per heavy atom. The monoisotopic (exact) mass is 299 g/mol. The first-order chi connectivity index (χ1) is 9.44. The van der Waals surface area contributed by atoms with Crippen LogP contribution in [0.2, 0.25) is 0 Å². The summed E-state index contributed by atoms with van der Waals surface area (Å²) in [5.41, 5.74) is -0.0708. The minimum absolute atomic E-state index is 0.0708. The van der Waals surface area contributed by atoms with Gasteiger partial charge in [0.25, 0.3) is 0 Å². The molecule has 5 nitrogen and oxygen atoms in total. The van der Waals surface area contributed by atoms with E-state index in [-0.39, 0.29) is 10.5 Å². The van der Waals surface area contributed by atoms with Crippen LogP contribution in [0.4, 0.5) is 4.39 Å². The maximum Gasteiger partial charge on any atom is 0.241 e. The minimum Gasteiger partial charge on any atom is -0.468 e. The highest BCUT2D eigenvalue weighted by atomic mass is 32.2. The normalized spacial score (nSPS) is 13.3. The van der Waals surface area contributed by atoms with Crippen LogP contribution in [0.1, 0.15) is 24.3 Å². The predicted molar refractivity (Wildman–Crippen MR) is 69.8 cm³/mol. The summed E-state index contributed by atoms with van der Waals surface area (Å²) in [4.78, 5) is -0.110.